The third-order valence-electron chi connectivity index (χ3n) is 8.45. The van der Waals surface area contributed by atoms with Crippen LogP contribution in [-0.4, -0.2) is 0 Å². The van der Waals surface area contributed by atoms with Gasteiger partial charge in [-0.15, -0.1) is 0 Å². The predicted molar refractivity (Wildman–Crippen MR) is 179 cm³/mol. The van der Waals surface area contributed by atoms with Gasteiger partial charge < -0.3 is 13.7 Å². The number of rotatable bonds is 4. The Labute approximate surface area is 247 Å². The topological polar surface area (TPSA) is 29.5 Å². The van der Waals surface area contributed by atoms with Crippen LogP contribution < -0.4 is 4.90 Å². The summed E-state index contributed by atoms with van der Waals surface area (Å²) in [6.45, 7) is 0. The van der Waals surface area contributed by atoms with Gasteiger partial charge in [0.05, 0.1) is 5.39 Å². The van der Waals surface area contributed by atoms with Crippen molar-refractivity contribution in [3.8, 4) is 11.1 Å². The Morgan fingerprint density at radius 2 is 1.09 bits per heavy atom. The first-order chi connectivity index (χ1) is 21.3. The Kier molecular flexibility index (Phi) is 5.20. The molecule has 0 unspecified atom stereocenters. The number of anilines is 3. The van der Waals surface area contributed by atoms with Crippen molar-refractivity contribution in [2.45, 2.75) is 0 Å². The maximum Gasteiger partial charge on any atom is 0.147 e. The van der Waals surface area contributed by atoms with Crippen molar-refractivity contribution in [3.63, 3.8) is 0 Å². The molecule has 2 heterocycles. The molecular formula is C40H25NO2. The van der Waals surface area contributed by atoms with E-state index in [4.69, 9.17) is 8.83 Å². The minimum absolute atomic E-state index is 0.831. The fourth-order valence-corrected chi connectivity index (χ4v) is 6.46. The zero-order valence-corrected chi connectivity index (χ0v) is 23.2. The van der Waals surface area contributed by atoms with Crippen molar-refractivity contribution >= 4 is 71.7 Å². The lowest BCUT2D eigenvalue weighted by Crippen LogP contribution is -2.09. The van der Waals surface area contributed by atoms with Gasteiger partial charge in [-0.1, -0.05) is 91.0 Å². The molecule has 0 bridgehead atoms. The van der Waals surface area contributed by atoms with Gasteiger partial charge in [0.1, 0.15) is 22.3 Å². The summed E-state index contributed by atoms with van der Waals surface area (Å²) in [6.07, 6.45) is 0. The lowest BCUT2D eigenvalue weighted by Gasteiger charge is -2.26. The van der Waals surface area contributed by atoms with E-state index in [0.29, 0.717) is 0 Å². The molecule has 0 atom stereocenters. The number of hydrogen-bond acceptors (Lipinski definition) is 3. The Balaban J connectivity index is 1.21. The SMILES string of the molecule is c1ccc(N(c2ccc(-c3cccc4oc5ccc6c7ccccc7oc6c5c34)cc2)c2ccc3ccccc3c2)cc1. The van der Waals surface area contributed by atoms with Crippen LogP contribution in [-0.2, 0) is 0 Å². The van der Waals surface area contributed by atoms with Crippen LogP contribution in [0.25, 0.3) is 65.8 Å². The highest BCUT2D eigenvalue weighted by atomic mass is 16.3. The summed E-state index contributed by atoms with van der Waals surface area (Å²) in [7, 11) is 0. The number of furan rings is 2. The second kappa shape index (κ2) is 9.37. The third kappa shape index (κ3) is 3.75. The van der Waals surface area contributed by atoms with Crippen LogP contribution in [0.3, 0.4) is 0 Å². The van der Waals surface area contributed by atoms with Gasteiger partial charge >= 0.3 is 0 Å². The Morgan fingerprint density at radius 3 is 1.98 bits per heavy atom. The zero-order chi connectivity index (χ0) is 28.3. The smallest absolute Gasteiger partial charge is 0.147 e. The monoisotopic (exact) mass is 551 g/mol. The molecule has 0 aliphatic rings. The molecule has 0 radical (unpaired) electrons. The average Bonchev–Trinajstić information content (AvgIpc) is 3.64. The molecule has 2 aromatic heterocycles. The van der Waals surface area contributed by atoms with Crippen molar-refractivity contribution < 1.29 is 8.83 Å². The van der Waals surface area contributed by atoms with E-state index < -0.39 is 0 Å². The molecule has 0 amide bonds. The van der Waals surface area contributed by atoms with E-state index in [0.717, 1.165) is 72.1 Å². The number of nitrogens with zero attached hydrogens (tertiary/aromatic N) is 1. The van der Waals surface area contributed by atoms with Gasteiger partial charge in [0.2, 0.25) is 0 Å². The van der Waals surface area contributed by atoms with Gasteiger partial charge in [0.25, 0.3) is 0 Å². The molecule has 3 heteroatoms. The molecule has 9 rings (SSSR count). The molecule has 0 saturated heterocycles. The number of benzene rings is 7. The van der Waals surface area contributed by atoms with Gasteiger partial charge in [0.15, 0.2) is 0 Å². The lowest BCUT2D eigenvalue weighted by molar-refractivity contribution is 0.663. The predicted octanol–water partition coefficient (Wildman–Crippen LogP) is 11.8. The van der Waals surface area contributed by atoms with Crippen LogP contribution in [0.1, 0.15) is 0 Å². The van der Waals surface area contributed by atoms with Crippen molar-refractivity contribution in [3.05, 3.63) is 152 Å². The molecule has 3 nitrogen and oxygen atoms in total. The van der Waals surface area contributed by atoms with E-state index in [1.807, 2.05) is 18.2 Å². The number of fused-ring (bicyclic) bond motifs is 8. The Morgan fingerprint density at radius 1 is 0.395 bits per heavy atom. The highest BCUT2D eigenvalue weighted by molar-refractivity contribution is 6.24. The molecule has 0 fully saturated rings. The van der Waals surface area contributed by atoms with E-state index in [1.54, 1.807) is 0 Å². The normalized spacial score (nSPS) is 11.7. The standard InChI is InChI=1S/C40H25NO2/c1-2-11-29(12-3-1)41(31-22-17-26-9-4-5-10-28(26)25-31)30-20-18-27(19-21-30)32-14-8-16-36-38(32)39-37(42-36)24-23-34-33-13-6-7-15-35(33)43-40(34)39/h1-25H. The minimum Gasteiger partial charge on any atom is -0.456 e. The summed E-state index contributed by atoms with van der Waals surface area (Å²) in [5, 5.41) is 6.76. The molecule has 7 aromatic carbocycles. The molecule has 0 spiro atoms. The third-order valence-corrected chi connectivity index (χ3v) is 8.45. The summed E-state index contributed by atoms with van der Waals surface area (Å²) < 4.78 is 12.8. The van der Waals surface area contributed by atoms with E-state index in [9.17, 15) is 0 Å². The highest BCUT2D eigenvalue weighted by Gasteiger charge is 2.19. The number of hydrogen-bond donors (Lipinski definition) is 0. The zero-order valence-electron chi connectivity index (χ0n) is 23.2. The fraction of sp³-hybridized carbons (Fsp3) is 0. The molecule has 0 N–H and O–H groups in total. The highest BCUT2D eigenvalue weighted by Crippen LogP contribution is 2.43. The maximum absolute atomic E-state index is 6.44. The van der Waals surface area contributed by atoms with Crippen LogP contribution in [0.5, 0.6) is 0 Å². The van der Waals surface area contributed by atoms with E-state index in [2.05, 4.69) is 138 Å². The van der Waals surface area contributed by atoms with E-state index in [-0.39, 0.29) is 0 Å². The van der Waals surface area contributed by atoms with Crippen molar-refractivity contribution in [2.24, 2.45) is 0 Å². The minimum atomic E-state index is 0.831. The van der Waals surface area contributed by atoms with Gasteiger partial charge in [-0.3, -0.25) is 0 Å². The molecular weight excluding hydrogens is 526 g/mol. The first-order valence-corrected chi connectivity index (χ1v) is 14.5. The molecule has 0 saturated carbocycles. The van der Waals surface area contributed by atoms with E-state index >= 15 is 0 Å². The summed E-state index contributed by atoms with van der Waals surface area (Å²) in [5.74, 6) is 0. The van der Waals surface area contributed by atoms with Gasteiger partial charge in [-0.05, 0) is 82.6 Å². The van der Waals surface area contributed by atoms with E-state index in [1.165, 1.54) is 10.8 Å². The molecule has 0 aliphatic heterocycles. The Bertz CT molecular complexity index is 2450. The second-order valence-electron chi connectivity index (χ2n) is 10.9. The van der Waals surface area contributed by atoms with Crippen LogP contribution >= 0.6 is 0 Å². The van der Waals surface area contributed by atoms with Crippen LogP contribution in [0.2, 0.25) is 0 Å². The van der Waals surface area contributed by atoms with Gasteiger partial charge in [0, 0.05) is 33.2 Å². The van der Waals surface area contributed by atoms with Crippen molar-refractivity contribution in [1.82, 2.24) is 0 Å². The summed E-state index contributed by atoms with van der Waals surface area (Å²) in [4.78, 5) is 2.31. The second-order valence-corrected chi connectivity index (χ2v) is 10.9. The first-order valence-electron chi connectivity index (χ1n) is 14.5. The van der Waals surface area contributed by atoms with Gasteiger partial charge in [-0.25, -0.2) is 0 Å². The molecule has 202 valence electrons. The largest absolute Gasteiger partial charge is 0.456 e. The Hall–Kier alpha value is -5.80. The first kappa shape index (κ1) is 23.9. The summed E-state index contributed by atoms with van der Waals surface area (Å²) in [5.41, 5.74) is 9.00. The number of para-hydroxylation sites is 2. The van der Waals surface area contributed by atoms with Crippen molar-refractivity contribution in [2.75, 3.05) is 4.90 Å². The van der Waals surface area contributed by atoms with Crippen LogP contribution in [0.4, 0.5) is 17.1 Å². The van der Waals surface area contributed by atoms with Gasteiger partial charge in [-0.2, -0.15) is 0 Å². The van der Waals surface area contributed by atoms with Crippen LogP contribution in [0.15, 0.2) is 160 Å². The average molecular weight is 552 g/mol. The molecule has 9 aromatic rings. The molecule has 0 aliphatic carbocycles. The fourth-order valence-electron chi connectivity index (χ4n) is 6.46. The van der Waals surface area contributed by atoms with Crippen molar-refractivity contribution in [1.29, 1.82) is 0 Å². The maximum atomic E-state index is 6.44. The summed E-state index contributed by atoms with van der Waals surface area (Å²) in [6, 6.07) is 53.1. The molecule has 43 heavy (non-hydrogen) atoms. The van der Waals surface area contributed by atoms with Crippen LogP contribution in [0, 0.1) is 0 Å². The summed E-state index contributed by atoms with van der Waals surface area (Å²) >= 11 is 0. The lowest BCUT2D eigenvalue weighted by atomic mass is 9.98. The quantitative estimate of drug-likeness (QED) is 0.218.